The first kappa shape index (κ1) is 16.1. The van der Waals surface area contributed by atoms with Crippen LogP contribution in [0.4, 0.5) is 4.39 Å². The molecule has 4 N–H and O–H groups in total. The van der Waals surface area contributed by atoms with Gasteiger partial charge in [-0.1, -0.05) is 13.8 Å². The molecule has 0 saturated carbocycles. The van der Waals surface area contributed by atoms with E-state index in [4.69, 9.17) is 11.5 Å². The lowest BCUT2D eigenvalue weighted by molar-refractivity contribution is -0.154. The molecular formula is C8H18ClFN2O2. The van der Waals surface area contributed by atoms with Crippen molar-refractivity contribution in [2.75, 3.05) is 6.61 Å². The molecule has 4 nitrogen and oxygen atoms in total. The topological polar surface area (TPSA) is 78.3 Å². The molecule has 6 heteroatoms. The SMILES string of the molecule is CCOC(=O)C(F)C(C)(C)C(N)N.Cl. The van der Waals surface area contributed by atoms with E-state index in [9.17, 15) is 9.18 Å². The second-order valence-electron chi connectivity index (χ2n) is 3.46. The first-order valence-electron chi connectivity index (χ1n) is 4.15. The maximum atomic E-state index is 13.4. The van der Waals surface area contributed by atoms with Crippen LogP contribution in [0, 0.1) is 5.41 Å². The van der Waals surface area contributed by atoms with Crippen LogP contribution in [0.1, 0.15) is 20.8 Å². The van der Waals surface area contributed by atoms with Crippen LogP contribution in [0.25, 0.3) is 0 Å². The number of hydrogen-bond acceptors (Lipinski definition) is 4. The van der Waals surface area contributed by atoms with Crippen molar-refractivity contribution in [1.82, 2.24) is 0 Å². The largest absolute Gasteiger partial charge is 0.464 e. The normalized spacial score (nSPS) is 13.4. The molecule has 0 aliphatic carbocycles. The minimum absolute atomic E-state index is 0. The van der Waals surface area contributed by atoms with Crippen molar-refractivity contribution < 1.29 is 13.9 Å². The Hall–Kier alpha value is -0.390. The fraction of sp³-hybridized carbons (Fsp3) is 0.875. The van der Waals surface area contributed by atoms with Gasteiger partial charge in [-0.05, 0) is 6.92 Å². The molecule has 0 aromatic carbocycles. The lowest BCUT2D eigenvalue weighted by Crippen LogP contribution is -2.52. The number of carbonyl (C=O) groups is 1. The summed E-state index contributed by atoms with van der Waals surface area (Å²) >= 11 is 0. The third kappa shape index (κ3) is 3.77. The van der Waals surface area contributed by atoms with E-state index in [1.54, 1.807) is 6.92 Å². The molecule has 0 rings (SSSR count). The molecule has 86 valence electrons. The van der Waals surface area contributed by atoms with Gasteiger partial charge >= 0.3 is 5.97 Å². The van der Waals surface area contributed by atoms with Crippen molar-refractivity contribution in [3.05, 3.63) is 0 Å². The van der Waals surface area contributed by atoms with Crippen molar-refractivity contribution in [2.45, 2.75) is 33.1 Å². The summed E-state index contributed by atoms with van der Waals surface area (Å²) in [5.41, 5.74) is 9.57. The van der Waals surface area contributed by atoms with Crippen LogP contribution in [-0.4, -0.2) is 24.9 Å². The number of esters is 1. The van der Waals surface area contributed by atoms with E-state index in [2.05, 4.69) is 4.74 Å². The summed E-state index contributed by atoms with van der Waals surface area (Å²) in [7, 11) is 0. The molecule has 0 aromatic heterocycles. The van der Waals surface area contributed by atoms with Crippen molar-refractivity contribution >= 4 is 18.4 Å². The molecule has 0 aromatic rings. The van der Waals surface area contributed by atoms with E-state index in [0.29, 0.717) is 0 Å². The molecule has 14 heavy (non-hydrogen) atoms. The summed E-state index contributed by atoms with van der Waals surface area (Å²) in [6.45, 7) is 4.73. The molecule has 0 heterocycles. The molecule has 0 saturated heterocycles. The first-order chi connectivity index (χ1) is 5.84. The minimum Gasteiger partial charge on any atom is -0.464 e. The summed E-state index contributed by atoms with van der Waals surface area (Å²) in [5, 5.41) is 0. The molecule has 0 amide bonds. The van der Waals surface area contributed by atoms with Gasteiger partial charge in [-0.15, -0.1) is 12.4 Å². The average Bonchev–Trinajstić information content (AvgIpc) is 2.03. The zero-order valence-electron chi connectivity index (χ0n) is 8.62. The molecule has 0 fully saturated rings. The lowest BCUT2D eigenvalue weighted by Gasteiger charge is -2.30. The Morgan fingerprint density at radius 1 is 1.50 bits per heavy atom. The molecule has 0 aliphatic heterocycles. The van der Waals surface area contributed by atoms with Gasteiger partial charge in [0.05, 0.1) is 12.8 Å². The van der Waals surface area contributed by atoms with Gasteiger partial charge < -0.3 is 16.2 Å². The molecule has 0 aliphatic rings. The Kier molecular flexibility index (Phi) is 7.07. The van der Waals surface area contributed by atoms with Gasteiger partial charge in [-0.3, -0.25) is 0 Å². The van der Waals surface area contributed by atoms with Crippen LogP contribution >= 0.6 is 12.4 Å². The first-order valence-corrected chi connectivity index (χ1v) is 4.15. The van der Waals surface area contributed by atoms with Crippen molar-refractivity contribution in [2.24, 2.45) is 16.9 Å². The molecule has 0 bridgehead atoms. The van der Waals surface area contributed by atoms with Crippen molar-refractivity contribution in [3.63, 3.8) is 0 Å². The number of nitrogens with two attached hydrogens (primary N) is 2. The number of alkyl halides is 1. The predicted molar refractivity (Wildman–Crippen MR) is 54.7 cm³/mol. The van der Waals surface area contributed by atoms with Gasteiger partial charge in [-0.25, -0.2) is 9.18 Å². The summed E-state index contributed by atoms with van der Waals surface area (Å²) in [6, 6.07) is 0. The number of halogens is 2. The third-order valence-corrected chi connectivity index (χ3v) is 2.01. The Labute approximate surface area is 89.6 Å². The summed E-state index contributed by atoms with van der Waals surface area (Å²) in [4.78, 5) is 11.0. The highest BCUT2D eigenvalue weighted by Crippen LogP contribution is 2.25. The van der Waals surface area contributed by atoms with Crippen LogP contribution in [0.5, 0.6) is 0 Å². The highest BCUT2D eigenvalue weighted by Gasteiger charge is 2.39. The monoisotopic (exact) mass is 228 g/mol. The second kappa shape index (κ2) is 6.16. The number of hydrogen-bond donors (Lipinski definition) is 2. The van der Waals surface area contributed by atoms with Gasteiger partial charge in [0.2, 0.25) is 6.17 Å². The van der Waals surface area contributed by atoms with Gasteiger partial charge in [0.1, 0.15) is 0 Å². The van der Waals surface area contributed by atoms with Crippen molar-refractivity contribution in [1.29, 1.82) is 0 Å². The van der Waals surface area contributed by atoms with E-state index in [1.165, 1.54) is 13.8 Å². The van der Waals surface area contributed by atoms with Crippen LogP contribution in [-0.2, 0) is 9.53 Å². The molecule has 0 radical (unpaired) electrons. The van der Waals surface area contributed by atoms with Crippen LogP contribution in [0.15, 0.2) is 0 Å². The quantitative estimate of drug-likeness (QED) is 0.545. The van der Waals surface area contributed by atoms with E-state index >= 15 is 0 Å². The Morgan fingerprint density at radius 3 is 2.21 bits per heavy atom. The zero-order valence-corrected chi connectivity index (χ0v) is 9.44. The average molecular weight is 229 g/mol. The predicted octanol–water partition coefficient (Wildman–Crippen LogP) is 0.579. The maximum Gasteiger partial charge on any atom is 0.341 e. The maximum absolute atomic E-state index is 13.4. The highest BCUT2D eigenvalue weighted by molar-refractivity contribution is 5.85. The lowest BCUT2D eigenvalue weighted by atomic mass is 9.84. The van der Waals surface area contributed by atoms with Gasteiger partial charge in [-0.2, -0.15) is 0 Å². The highest BCUT2D eigenvalue weighted by atomic mass is 35.5. The molecular weight excluding hydrogens is 211 g/mol. The number of carbonyl (C=O) groups excluding carboxylic acids is 1. The third-order valence-electron chi connectivity index (χ3n) is 2.01. The van der Waals surface area contributed by atoms with Crippen LogP contribution < -0.4 is 11.5 Å². The summed E-state index contributed by atoms with van der Waals surface area (Å²) in [6.07, 6.45) is -2.68. The van der Waals surface area contributed by atoms with Gasteiger partial charge in [0, 0.05) is 5.41 Å². The zero-order chi connectivity index (χ0) is 10.6. The summed E-state index contributed by atoms with van der Waals surface area (Å²) < 4.78 is 17.9. The van der Waals surface area contributed by atoms with E-state index in [1.807, 2.05) is 0 Å². The molecule has 0 spiro atoms. The number of rotatable bonds is 4. The van der Waals surface area contributed by atoms with E-state index < -0.39 is 23.7 Å². The fourth-order valence-corrected chi connectivity index (χ4v) is 0.688. The van der Waals surface area contributed by atoms with Gasteiger partial charge in [0.25, 0.3) is 0 Å². The number of ether oxygens (including phenoxy) is 1. The second-order valence-corrected chi connectivity index (χ2v) is 3.46. The molecule has 1 atom stereocenters. The Bertz CT molecular complexity index is 188. The van der Waals surface area contributed by atoms with Gasteiger partial charge in [0.15, 0.2) is 0 Å². The fourth-order valence-electron chi connectivity index (χ4n) is 0.688. The van der Waals surface area contributed by atoms with E-state index in [0.717, 1.165) is 0 Å². The van der Waals surface area contributed by atoms with Crippen LogP contribution in [0.3, 0.4) is 0 Å². The molecule has 1 unspecified atom stereocenters. The standard InChI is InChI=1S/C8H17FN2O2.ClH/c1-4-13-6(12)5(9)8(2,3)7(10)11;/h5,7H,4,10-11H2,1-3H3;1H. The smallest absolute Gasteiger partial charge is 0.341 e. The Morgan fingerprint density at radius 2 is 1.93 bits per heavy atom. The van der Waals surface area contributed by atoms with Crippen molar-refractivity contribution in [3.8, 4) is 0 Å². The van der Waals surface area contributed by atoms with E-state index in [-0.39, 0.29) is 19.0 Å². The van der Waals surface area contributed by atoms with Crippen LogP contribution in [0.2, 0.25) is 0 Å². The summed E-state index contributed by atoms with van der Waals surface area (Å²) in [5.74, 6) is -0.909. The Balaban J connectivity index is 0. The minimum atomic E-state index is -1.78.